The van der Waals surface area contributed by atoms with Crippen LogP contribution in [-0.4, -0.2) is 45.3 Å². The molecule has 5 amide bonds. The minimum atomic E-state index is -0.925. The summed E-state index contributed by atoms with van der Waals surface area (Å²) in [4.78, 5) is 49.3. The lowest BCUT2D eigenvalue weighted by Crippen LogP contribution is -2.42. The maximum absolute atomic E-state index is 12.4. The Kier molecular flexibility index (Phi) is 5.08. The first-order valence-electron chi connectivity index (χ1n) is 8.98. The van der Waals surface area contributed by atoms with Crippen molar-refractivity contribution >= 4 is 34.7 Å². The van der Waals surface area contributed by atoms with Gasteiger partial charge in [0.2, 0.25) is 5.91 Å². The third-order valence-electron chi connectivity index (χ3n) is 4.69. The van der Waals surface area contributed by atoms with E-state index < -0.39 is 23.4 Å². The first kappa shape index (κ1) is 19.4. The van der Waals surface area contributed by atoms with Crippen molar-refractivity contribution in [2.45, 2.75) is 32.2 Å². The number of urea groups is 1. The standard InChI is InChI=1S/C19H23N5O4/c1-19(2)17(27)24(18(28)20-19)10-6-9-15(25)21-22-16(26)13-11-23(3)14-8-5-4-7-12(13)14/h4-5,7-8,11H,6,9-10H2,1-3H3,(H,20,28)(H,21,25)(H,22,26). The number of nitrogens with one attached hydrogen (secondary N) is 3. The van der Waals surface area contributed by atoms with Gasteiger partial charge in [-0.1, -0.05) is 18.2 Å². The van der Waals surface area contributed by atoms with Crippen LogP contribution >= 0.6 is 0 Å². The Labute approximate surface area is 162 Å². The minimum Gasteiger partial charge on any atom is -0.350 e. The topological polar surface area (TPSA) is 113 Å². The molecule has 0 saturated carbocycles. The average molecular weight is 385 g/mol. The molecule has 0 unspecified atom stereocenters. The van der Waals surface area contributed by atoms with E-state index in [1.165, 1.54) is 0 Å². The molecule has 1 aliphatic rings. The molecule has 2 heterocycles. The Balaban J connectivity index is 1.49. The number of amides is 5. The summed E-state index contributed by atoms with van der Waals surface area (Å²) in [5.41, 5.74) is 5.21. The van der Waals surface area contributed by atoms with Crippen molar-refractivity contribution in [3.05, 3.63) is 36.0 Å². The number of aryl methyl sites for hydroxylation is 1. The van der Waals surface area contributed by atoms with Crippen molar-refractivity contribution in [1.29, 1.82) is 0 Å². The molecular formula is C19H23N5O4. The predicted molar refractivity (Wildman–Crippen MR) is 102 cm³/mol. The van der Waals surface area contributed by atoms with E-state index in [9.17, 15) is 19.2 Å². The highest BCUT2D eigenvalue weighted by Gasteiger charge is 2.43. The number of rotatable bonds is 5. The summed E-state index contributed by atoms with van der Waals surface area (Å²) >= 11 is 0. The van der Waals surface area contributed by atoms with Crippen molar-refractivity contribution in [2.24, 2.45) is 7.05 Å². The Morgan fingerprint density at radius 1 is 1.14 bits per heavy atom. The van der Waals surface area contributed by atoms with Crippen molar-refractivity contribution in [3.8, 4) is 0 Å². The molecule has 2 aromatic rings. The summed E-state index contributed by atoms with van der Waals surface area (Å²) < 4.78 is 1.84. The second-order valence-electron chi connectivity index (χ2n) is 7.29. The van der Waals surface area contributed by atoms with E-state index in [1.807, 2.05) is 35.9 Å². The summed E-state index contributed by atoms with van der Waals surface area (Å²) in [7, 11) is 1.84. The fraction of sp³-hybridized carbons (Fsp3) is 0.368. The number of hydrazine groups is 1. The fourth-order valence-corrected chi connectivity index (χ4v) is 3.20. The van der Waals surface area contributed by atoms with Crippen LogP contribution in [0.5, 0.6) is 0 Å². The normalized spacial score (nSPS) is 15.6. The Hall–Kier alpha value is -3.36. The number of aromatic nitrogens is 1. The van der Waals surface area contributed by atoms with Crippen LogP contribution in [0.3, 0.4) is 0 Å². The number of fused-ring (bicyclic) bond motifs is 1. The first-order chi connectivity index (χ1) is 13.2. The Morgan fingerprint density at radius 3 is 2.54 bits per heavy atom. The summed E-state index contributed by atoms with van der Waals surface area (Å²) in [6.45, 7) is 3.39. The van der Waals surface area contributed by atoms with Crippen LogP contribution in [0.25, 0.3) is 10.9 Å². The van der Waals surface area contributed by atoms with Gasteiger partial charge >= 0.3 is 6.03 Å². The molecule has 148 valence electrons. The maximum atomic E-state index is 12.4. The van der Waals surface area contributed by atoms with Gasteiger partial charge in [-0.05, 0) is 26.3 Å². The van der Waals surface area contributed by atoms with Crippen LogP contribution in [0.2, 0.25) is 0 Å². The highest BCUT2D eigenvalue weighted by Crippen LogP contribution is 2.20. The summed E-state index contributed by atoms with van der Waals surface area (Å²) in [5.74, 6) is -1.14. The van der Waals surface area contributed by atoms with Gasteiger partial charge < -0.3 is 9.88 Å². The van der Waals surface area contributed by atoms with Gasteiger partial charge in [0.15, 0.2) is 0 Å². The number of para-hydroxylation sites is 1. The molecule has 9 heteroatoms. The molecule has 0 radical (unpaired) electrons. The zero-order valence-electron chi connectivity index (χ0n) is 16.0. The number of imide groups is 1. The molecule has 1 saturated heterocycles. The van der Waals surface area contributed by atoms with Crippen molar-refractivity contribution < 1.29 is 19.2 Å². The Bertz CT molecular complexity index is 962. The molecule has 1 aromatic heterocycles. The average Bonchev–Trinajstić information content (AvgIpc) is 3.08. The number of hydrogen-bond acceptors (Lipinski definition) is 4. The number of benzene rings is 1. The molecule has 0 atom stereocenters. The highest BCUT2D eigenvalue weighted by molar-refractivity contribution is 6.07. The lowest BCUT2D eigenvalue weighted by atomic mass is 10.1. The van der Waals surface area contributed by atoms with E-state index in [0.29, 0.717) is 12.0 Å². The minimum absolute atomic E-state index is 0.0628. The number of carbonyl (C=O) groups excluding carboxylic acids is 4. The monoisotopic (exact) mass is 385 g/mol. The van der Waals surface area contributed by atoms with Crippen molar-refractivity contribution in [2.75, 3.05) is 6.54 Å². The predicted octanol–water partition coefficient (Wildman–Crippen LogP) is 1.05. The van der Waals surface area contributed by atoms with Gasteiger partial charge in [-0.25, -0.2) is 4.79 Å². The van der Waals surface area contributed by atoms with Crippen molar-refractivity contribution in [1.82, 2.24) is 25.6 Å². The lowest BCUT2D eigenvalue weighted by Gasteiger charge is -2.15. The van der Waals surface area contributed by atoms with Crippen LogP contribution in [0.4, 0.5) is 4.79 Å². The second-order valence-corrected chi connectivity index (χ2v) is 7.29. The van der Waals surface area contributed by atoms with E-state index in [4.69, 9.17) is 0 Å². The van der Waals surface area contributed by atoms with Crippen LogP contribution in [0, 0.1) is 0 Å². The van der Waals surface area contributed by atoms with E-state index in [-0.39, 0.29) is 18.9 Å². The highest BCUT2D eigenvalue weighted by atomic mass is 16.2. The van der Waals surface area contributed by atoms with E-state index in [0.717, 1.165) is 15.8 Å². The third-order valence-corrected chi connectivity index (χ3v) is 4.69. The molecule has 3 rings (SSSR count). The van der Waals surface area contributed by atoms with Gasteiger partial charge in [-0.15, -0.1) is 0 Å². The molecule has 0 spiro atoms. The summed E-state index contributed by atoms with van der Waals surface area (Å²) in [6, 6.07) is 7.01. The molecule has 1 fully saturated rings. The lowest BCUT2D eigenvalue weighted by molar-refractivity contribution is -0.130. The third kappa shape index (κ3) is 3.68. The smallest absolute Gasteiger partial charge is 0.325 e. The second kappa shape index (κ2) is 7.34. The zero-order chi connectivity index (χ0) is 20.5. The van der Waals surface area contributed by atoms with Gasteiger partial charge in [0, 0.05) is 37.1 Å². The van der Waals surface area contributed by atoms with Crippen molar-refractivity contribution in [3.63, 3.8) is 0 Å². The number of nitrogens with zero attached hydrogens (tertiary/aromatic N) is 2. The largest absolute Gasteiger partial charge is 0.350 e. The molecule has 0 bridgehead atoms. The molecule has 3 N–H and O–H groups in total. The molecule has 1 aromatic carbocycles. The van der Waals surface area contributed by atoms with E-state index >= 15 is 0 Å². The quantitative estimate of drug-likeness (QED) is 0.527. The van der Waals surface area contributed by atoms with E-state index in [1.54, 1.807) is 20.0 Å². The molecule has 9 nitrogen and oxygen atoms in total. The summed E-state index contributed by atoms with van der Waals surface area (Å²) in [6.07, 6.45) is 2.06. The van der Waals surface area contributed by atoms with Crippen LogP contribution in [0.15, 0.2) is 30.5 Å². The molecular weight excluding hydrogens is 362 g/mol. The van der Waals surface area contributed by atoms with Gasteiger partial charge in [0.1, 0.15) is 5.54 Å². The SMILES string of the molecule is Cn1cc(C(=O)NNC(=O)CCCN2C(=O)NC(C)(C)C2=O)c2ccccc21. The first-order valence-corrected chi connectivity index (χ1v) is 8.98. The number of hydrogen-bond donors (Lipinski definition) is 3. The molecule has 1 aliphatic heterocycles. The van der Waals surface area contributed by atoms with Gasteiger partial charge in [-0.2, -0.15) is 0 Å². The fourth-order valence-electron chi connectivity index (χ4n) is 3.20. The van der Waals surface area contributed by atoms with Gasteiger partial charge in [0.05, 0.1) is 5.56 Å². The molecule has 28 heavy (non-hydrogen) atoms. The van der Waals surface area contributed by atoms with Gasteiger partial charge in [0.25, 0.3) is 11.8 Å². The van der Waals surface area contributed by atoms with Gasteiger partial charge in [-0.3, -0.25) is 30.1 Å². The summed E-state index contributed by atoms with van der Waals surface area (Å²) in [5, 5.41) is 3.37. The number of carbonyl (C=O) groups is 4. The Morgan fingerprint density at radius 2 is 1.86 bits per heavy atom. The van der Waals surface area contributed by atoms with Crippen LogP contribution in [-0.2, 0) is 16.6 Å². The maximum Gasteiger partial charge on any atom is 0.325 e. The van der Waals surface area contributed by atoms with E-state index in [2.05, 4.69) is 16.2 Å². The molecule has 0 aliphatic carbocycles. The van der Waals surface area contributed by atoms with Crippen LogP contribution in [0.1, 0.15) is 37.0 Å². The zero-order valence-corrected chi connectivity index (χ0v) is 16.0. The van der Waals surface area contributed by atoms with Crippen LogP contribution < -0.4 is 16.2 Å².